The van der Waals surface area contributed by atoms with E-state index >= 15 is 0 Å². The first-order valence-corrected chi connectivity index (χ1v) is 4.86. The lowest BCUT2D eigenvalue weighted by atomic mass is 9.92. The summed E-state index contributed by atoms with van der Waals surface area (Å²) in [6, 6.07) is 0. The minimum Gasteiger partial charge on any atom is -0.450 e. The Morgan fingerprint density at radius 2 is 1.86 bits per heavy atom. The Kier molecular flexibility index (Phi) is 8.54. The van der Waals surface area contributed by atoms with Gasteiger partial charge in [-0.1, -0.05) is 20.8 Å². The van der Waals surface area contributed by atoms with Crippen LogP contribution in [-0.4, -0.2) is 23.4 Å². The van der Waals surface area contributed by atoms with Gasteiger partial charge >= 0.3 is 6.16 Å². The van der Waals surface area contributed by atoms with Crippen molar-refractivity contribution in [2.75, 3.05) is 6.61 Å². The summed E-state index contributed by atoms with van der Waals surface area (Å²) >= 11 is 0. The average Bonchev–Trinajstić information content (AvgIpc) is 2.00. The molecule has 4 nitrogen and oxygen atoms in total. The Bertz CT molecular complexity index is 150. The van der Waals surface area contributed by atoms with Gasteiger partial charge in [0, 0.05) is 5.54 Å². The second-order valence-corrected chi connectivity index (χ2v) is 4.09. The summed E-state index contributed by atoms with van der Waals surface area (Å²) in [4.78, 5) is 9.54. The van der Waals surface area contributed by atoms with E-state index in [1.165, 1.54) is 0 Å². The van der Waals surface area contributed by atoms with Crippen molar-refractivity contribution in [2.45, 2.75) is 46.6 Å². The van der Waals surface area contributed by atoms with Crippen molar-refractivity contribution < 1.29 is 14.6 Å². The number of nitrogens with two attached hydrogens (primary N) is 1. The minimum atomic E-state index is -1.19. The number of carboxylic acid groups (broad SMARTS) is 1. The van der Waals surface area contributed by atoms with Crippen LogP contribution >= 0.6 is 0 Å². The number of carbonyl (C=O) groups is 1. The summed E-state index contributed by atoms with van der Waals surface area (Å²) in [5.74, 6) is 0.576. The highest BCUT2D eigenvalue weighted by Crippen LogP contribution is 2.09. The number of hydrogen-bond donors (Lipinski definition) is 2. The Hall–Kier alpha value is -0.770. The first kappa shape index (κ1) is 15.7. The first-order chi connectivity index (χ1) is 6.21. The van der Waals surface area contributed by atoms with E-state index in [1.807, 2.05) is 20.8 Å². The standard InChI is InChI=1S/C6H15N.C4H8O3/c1-5(2)6(3,4)7;1-2-3-7-4(5)6/h5H,7H2,1-4H3;2-3H2,1H3,(H,5,6). The van der Waals surface area contributed by atoms with Gasteiger partial charge in [0.1, 0.15) is 0 Å². The van der Waals surface area contributed by atoms with Crippen LogP contribution in [-0.2, 0) is 4.74 Å². The van der Waals surface area contributed by atoms with Crippen molar-refractivity contribution in [1.29, 1.82) is 0 Å². The fraction of sp³-hybridized carbons (Fsp3) is 0.900. The van der Waals surface area contributed by atoms with Gasteiger partial charge in [-0.2, -0.15) is 0 Å². The molecule has 0 aliphatic rings. The van der Waals surface area contributed by atoms with Crippen LogP contribution in [0.2, 0.25) is 0 Å². The van der Waals surface area contributed by atoms with E-state index in [9.17, 15) is 4.79 Å². The molecule has 3 N–H and O–H groups in total. The smallest absolute Gasteiger partial charge is 0.450 e. The zero-order chi connectivity index (χ0) is 11.8. The van der Waals surface area contributed by atoms with Crippen molar-refractivity contribution in [3.8, 4) is 0 Å². The van der Waals surface area contributed by atoms with E-state index in [0.29, 0.717) is 12.5 Å². The van der Waals surface area contributed by atoms with Crippen LogP contribution in [0.25, 0.3) is 0 Å². The van der Waals surface area contributed by atoms with Crippen molar-refractivity contribution >= 4 is 6.16 Å². The highest BCUT2D eigenvalue weighted by atomic mass is 16.7. The molecule has 0 saturated heterocycles. The molecule has 0 heterocycles. The van der Waals surface area contributed by atoms with Gasteiger partial charge in [0.05, 0.1) is 6.61 Å². The molecule has 4 heteroatoms. The molecule has 14 heavy (non-hydrogen) atoms. The topological polar surface area (TPSA) is 72.5 Å². The zero-order valence-corrected chi connectivity index (χ0v) is 9.83. The van der Waals surface area contributed by atoms with Gasteiger partial charge in [0.25, 0.3) is 0 Å². The second-order valence-electron chi connectivity index (χ2n) is 4.09. The highest BCUT2D eigenvalue weighted by Gasteiger charge is 2.14. The number of rotatable bonds is 3. The monoisotopic (exact) mass is 205 g/mol. The van der Waals surface area contributed by atoms with E-state index in [1.54, 1.807) is 0 Å². The maximum Gasteiger partial charge on any atom is 0.505 e. The van der Waals surface area contributed by atoms with Crippen LogP contribution in [0.15, 0.2) is 0 Å². The van der Waals surface area contributed by atoms with Gasteiger partial charge in [0.15, 0.2) is 0 Å². The first-order valence-electron chi connectivity index (χ1n) is 4.86. The molecule has 0 spiro atoms. The maximum absolute atomic E-state index is 9.54. The van der Waals surface area contributed by atoms with E-state index in [2.05, 4.69) is 18.6 Å². The molecule has 0 aliphatic heterocycles. The third-order valence-electron chi connectivity index (χ3n) is 1.92. The summed E-state index contributed by atoms with van der Waals surface area (Å²) in [5, 5.41) is 7.82. The molecule has 0 saturated carbocycles. The third-order valence-corrected chi connectivity index (χ3v) is 1.92. The fourth-order valence-electron chi connectivity index (χ4n) is 0.189. The van der Waals surface area contributed by atoms with E-state index in [4.69, 9.17) is 10.8 Å². The molecule has 0 unspecified atom stereocenters. The van der Waals surface area contributed by atoms with Crippen LogP contribution in [0.4, 0.5) is 4.79 Å². The van der Waals surface area contributed by atoms with Crippen LogP contribution in [0, 0.1) is 5.92 Å². The fourth-order valence-corrected chi connectivity index (χ4v) is 0.189. The predicted molar refractivity (Wildman–Crippen MR) is 57.4 cm³/mol. The summed E-state index contributed by atoms with van der Waals surface area (Å²) in [6.07, 6.45) is -0.450. The third kappa shape index (κ3) is 13.8. The predicted octanol–water partition coefficient (Wildman–Crippen LogP) is 2.47. The largest absolute Gasteiger partial charge is 0.505 e. The molecule has 86 valence electrons. The van der Waals surface area contributed by atoms with Crippen LogP contribution in [0.5, 0.6) is 0 Å². The molecule has 0 fully saturated rings. The average molecular weight is 205 g/mol. The maximum atomic E-state index is 9.54. The van der Waals surface area contributed by atoms with Gasteiger partial charge in [0.2, 0.25) is 0 Å². The van der Waals surface area contributed by atoms with Crippen molar-refractivity contribution in [3.63, 3.8) is 0 Å². The normalized spacial score (nSPS) is 10.5. The molecular weight excluding hydrogens is 182 g/mol. The van der Waals surface area contributed by atoms with Crippen LogP contribution in [0.1, 0.15) is 41.0 Å². The van der Waals surface area contributed by atoms with E-state index in [0.717, 1.165) is 6.42 Å². The SMILES string of the molecule is CC(C)C(C)(C)N.CCCOC(=O)O. The molecule has 0 amide bonds. The van der Waals surface area contributed by atoms with Crippen molar-refractivity contribution in [3.05, 3.63) is 0 Å². The molecule has 0 atom stereocenters. The lowest BCUT2D eigenvalue weighted by molar-refractivity contribution is 0.0918. The van der Waals surface area contributed by atoms with Gasteiger partial charge in [-0.05, 0) is 26.2 Å². The lowest BCUT2D eigenvalue weighted by Gasteiger charge is -2.22. The quantitative estimate of drug-likeness (QED) is 0.694. The minimum absolute atomic E-state index is 0. The van der Waals surface area contributed by atoms with Gasteiger partial charge in [-0.15, -0.1) is 0 Å². The lowest BCUT2D eigenvalue weighted by Crippen LogP contribution is -2.37. The van der Waals surface area contributed by atoms with E-state index < -0.39 is 6.16 Å². The summed E-state index contributed by atoms with van der Waals surface area (Å²) < 4.78 is 4.11. The Balaban J connectivity index is 0. The summed E-state index contributed by atoms with van der Waals surface area (Å²) in [5.41, 5.74) is 5.68. The molecule has 0 aliphatic carbocycles. The Morgan fingerprint density at radius 3 is 1.93 bits per heavy atom. The second kappa shape index (κ2) is 7.62. The van der Waals surface area contributed by atoms with Gasteiger partial charge in [-0.25, -0.2) is 4.79 Å². The highest BCUT2D eigenvalue weighted by molar-refractivity contribution is 5.56. The molecule has 0 radical (unpaired) electrons. The molecule has 0 rings (SSSR count). The van der Waals surface area contributed by atoms with Crippen LogP contribution < -0.4 is 5.73 Å². The number of hydrogen-bond acceptors (Lipinski definition) is 3. The molecule has 0 aromatic rings. The van der Waals surface area contributed by atoms with E-state index in [-0.39, 0.29) is 5.54 Å². The molecule has 0 aromatic carbocycles. The van der Waals surface area contributed by atoms with Crippen LogP contribution in [0.3, 0.4) is 0 Å². The van der Waals surface area contributed by atoms with Crippen molar-refractivity contribution in [1.82, 2.24) is 0 Å². The Morgan fingerprint density at radius 1 is 1.50 bits per heavy atom. The molecule has 0 aromatic heterocycles. The summed E-state index contributed by atoms with van der Waals surface area (Å²) in [7, 11) is 0. The Labute approximate surface area is 86.4 Å². The zero-order valence-electron chi connectivity index (χ0n) is 9.83. The molecule has 0 bridgehead atoms. The van der Waals surface area contributed by atoms with Gasteiger partial charge < -0.3 is 15.6 Å². The number of ether oxygens (including phenoxy) is 1. The van der Waals surface area contributed by atoms with Gasteiger partial charge in [-0.3, -0.25) is 0 Å². The summed E-state index contributed by atoms with van der Waals surface area (Å²) in [6.45, 7) is 10.5. The van der Waals surface area contributed by atoms with Crippen molar-refractivity contribution in [2.24, 2.45) is 11.7 Å². The molecular formula is C10H23NO3.